The van der Waals surface area contributed by atoms with Crippen molar-refractivity contribution in [3.63, 3.8) is 0 Å². The molecule has 0 saturated carbocycles. The van der Waals surface area contributed by atoms with Gasteiger partial charge in [-0.15, -0.1) is 10.2 Å². The lowest BCUT2D eigenvalue weighted by atomic mass is 10.2. The molecule has 0 atom stereocenters. The third-order valence-electron chi connectivity index (χ3n) is 3.19. The van der Waals surface area contributed by atoms with Gasteiger partial charge in [0.2, 0.25) is 11.1 Å². The summed E-state index contributed by atoms with van der Waals surface area (Å²) in [6.45, 7) is 5.33. The number of amides is 1. The highest BCUT2D eigenvalue weighted by molar-refractivity contribution is 9.10. The topological polar surface area (TPSA) is 77.0 Å². The molecule has 0 radical (unpaired) electrons. The molecule has 8 heteroatoms. The highest BCUT2D eigenvalue weighted by atomic mass is 79.9. The van der Waals surface area contributed by atoms with E-state index in [0.717, 1.165) is 10.0 Å². The van der Waals surface area contributed by atoms with Crippen LogP contribution < -0.4 is 5.84 Å². The van der Waals surface area contributed by atoms with Crippen molar-refractivity contribution in [3.05, 3.63) is 28.7 Å². The molecule has 0 aliphatic carbocycles. The number of carbonyl (C=O) groups is 1. The van der Waals surface area contributed by atoms with Crippen molar-refractivity contribution in [1.29, 1.82) is 0 Å². The molecular weight excluding hydrogens is 366 g/mol. The van der Waals surface area contributed by atoms with Gasteiger partial charge in [0, 0.05) is 23.1 Å². The van der Waals surface area contributed by atoms with Crippen LogP contribution in [0.5, 0.6) is 0 Å². The smallest absolute Gasteiger partial charge is 0.233 e. The van der Waals surface area contributed by atoms with Gasteiger partial charge in [-0.05, 0) is 26.0 Å². The van der Waals surface area contributed by atoms with Crippen molar-refractivity contribution in [2.24, 2.45) is 0 Å². The zero-order valence-corrected chi connectivity index (χ0v) is 14.9. The van der Waals surface area contributed by atoms with Gasteiger partial charge in [0.05, 0.1) is 5.75 Å². The molecule has 118 valence electrons. The first kappa shape index (κ1) is 16.8. The first-order valence-electron chi connectivity index (χ1n) is 6.93. The van der Waals surface area contributed by atoms with Crippen LogP contribution in [0, 0.1) is 0 Å². The van der Waals surface area contributed by atoms with Crippen LogP contribution in [0.2, 0.25) is 0 Å². The predicted molar refractivity (Wildman–Crippen MR) is 92.0 cm³/mol. The number of hydrogen-bond donors (Lipinski definition) is 1. The maximum absolute atomic E-state index is 12.0. The normalized spacial score (nSPS) is 10.7. The zero-order valence-electron chi connectivity index (χ0n) is 12.5. The minimum atomic E-state index is 0.0713. The van der Waals surface area contributed by atoms with E-state index in [0.29, 0.717) is 29.8 Å². The number of thioether (sulfide) groups is 1. The van der Waals surface area contributed by atoms with Gasteiger partial charge in [-0.2, -0.15) is 0 Å². The molecular formula is C14H18BrN5OS. The second-order valence-electron chi connectivity index (χ2n) is 4.54. The highest BCUT2D eigenvalue weighted by Crippen LogP contribution is 2.24. The molecule has 0 fully saturated rings. The second-order valence-corrected chi connectivity index (χ2v) is 6.40. The molecule has 0 unspecified atom stereocenters. The SMILES string of the molecule is CCN(CC)C(=O)CSc1nnc(-c2cccc(Br)c2)n1N. The van der Waals surface area contributed by atoms with Crippen molar-refractivity contribution in [2.75, 3.05) is 24.7 Å². The van der Waals surface area contributed by atoms with E-state index in [1.165, 1.54) is 16.4 Å². The molecule has 2 N–H and O–H groups in total. The average molecular weight is 384 g/mol. The van der Waals surface area contributed by atoms with Crippen molar-refractivity contribution in [2.45, 2.75) is 19.0 Å². The standard InChI is InChI=1S/C14H18BrN5OS/c1-3-19(4-2)12(21)9-22-14-18-17-13(20(14)16)10-6-5-7-11(15)8-10/h5-8H,3-4,9,16H2,1-2H3. The van der Waals surface area contributed by atoms with Gasteiger partial charge in [0.1, 0.15) is 0 Å². The first-order valence-corrected chi connectivity index (χ1v) is 8.71. The molecule has 0 aliphatic heterocycles. The van der Waals surface area contributed by atoms with Crippen LogP contribution in [-0.4, -0.2) is 44.5 Å². The lowest BCUT2D eigenvalue weighted by Crippen LogP contribution is -2.32. The number of benzene rings is 1. The summed E-state index contributed by atoms with van der Waals surface area (Å²) < 4.78 is 2.36. The Hall–Kier alpha value is -1.54. The molecule has 1 aromatic heterocycles. The van der Waals surface area contributed by atoms with E-state index in [9.17, 15) is 4.79 Å². The quantitative estimate of drug-likeness (QED) is 0.611. The summed E-state index contributed by atoms with van der Waals surface area (Å²) in [5.74, 6) is 6.98. The fraction of sp³-hybridized carbons (Fsp3) is 0.357. The third-order valence-corrected chi connectivity index (χ3v) is 4.61. The number of hydrogen-bond acceptors (Lipinski definition) is 5. The molecule has 0 aliphatic rings. The molecule has 0 bridgehead atoms. The summed E-state index contributed by atoms with van der Waals surface area (Å²) in [5.41, 5.74) is 0.867. The molecule has 1 amide bonds. The van der Waals surface area contributed by atoms with Crippen molar-refractivity contribution in [1.82, 2.24) is 19.8 Å². The van der Waals surface area contributed by atoms with Crippen LogP contribution >= 0.6 is 27.7 Å². The average Bonchev–Trinajstić information content (AvgIpc) is 2.87. The molecule has 1 heterocycles. The van der Waals surface area contributed by atoms with Crippen LogP contribution in [0.4, 0.5) is 0 Å². The maximum atomic E-state index is 12.0. The van der Waals surface area contributed by atoms with E-state index >= 15 is 0 Å². The van der Waals surface area contributed by atoms with E-state index in [2.05, 4.69) is 26.1 Å². The number of halogens is 1. The van der Waals surface area contributed by atoms with E-state index in [4.69, 9.17) is 5.84 Å². The van der Waals surface area contributed by atoms with Crippen molar-refractivity contribution >= 4 is 33.6 Å². The molecule has 1 aromatic carbocycles. The number of carbonyl (C=O) groups excluding carboxylic acids is 1. The van der Waals surface area contributed by atoms with Gasteiger partial charge in [-0.3, -0.25) is 4.79 Å². The number of rotatable bonds is 6. The fourth-order valence-corrected chi connectivity index (χ4v) is 3.15. The Balaban J connectivity index is 2.10. The highest BCUT2D eigenvalue weighted by Gasteiger charge is 2.15. The van der Waals surface area contributed by atoms with Crippen molar-refractivity contribution < 1.29 is 4.79 Å². The summed E-state index contributed by atoms with van der Waals surface area (Å²) in [5, 5.41) is 8.70. The Morgan fingerprint density at radius 1 is 1.36 bits per heavy atom. The van der Waals surface area contributed by atoms with E-state index in [1.54, 1.807) is 4.90 Å². The predicted octanol–water partition coefficient (Wildman–Crippen LogP) is 2.38. The first-order chi connectivity index (χ1) is 10.6. The van der Waals surface area contributed by atoms with E-state index < -0.39 is 0 Å². The fourth-order valence-electron chi connectivity index (χ4n) is 1.99. The monoisotopic (exact) mass is 383 g/mol. The van der Waals surface area contributed by atoms with Gasteiger partial charge in [-0.1, -0.05) is 39.8 Å². The molecule has 2 aromatic rings. The molecule has 0 spiro atoms. The van der Waals surface area contributed by atoms with Gasteiger partial charge >= 0.3 is 0 Å². The Bertz CT molecular complexity index is 656. The minimum absolute atomic E-state index is 0.0713. The number of nitrogens with two attached hydrogens (primary N) is 1. The van der Waals surface area contributed by atoms with Crippen LogP contribution in [-0.2, 0) is 4.79 Å². The van der Waals surface area contributed by atoms with Gasteiger partial charge < -0.3 is 10.7 Å². The summed E-state index contributed by atoms with van der Waals surface area (Å²) in [6.07, 6.45) is 0. The van der Waals surface area contributed by atoms with E-state index in [-0.39, 0.29) is 5.91 Å². The molecule has 0 saturated heterocycles. The Morgan fingerprint density at radius 3 is 2.73 bits per heavy atom. The summed E-state index contributed by atoms with van der Waals surface area (Å²) in [7, 11) is 0. The largest absolute Gasteiger partial charge is 0.343 e. The Morgan fingerprint density at radius 2 is 2.09 bits per heavy atom. The Labute approximate surface area is 142 Å². The van der Waals surface area contributed by atoms with Crippen LogP contribution in [0.25, 0.3) is 11.4 Å². The second kappa shape index (κ2) is 7.64. The Kier molecular flexibility index (Phi) is 5.84. The van der Waals surface area contributed by atoms with Gasteiger partial charge in [0.15, 0.2) is 5.82 Å². The van der Waals surface area contributed by atoms with Crippen LogP contribution in [0.3, 0.4) is 0 Å². The molecule has 22 heavy (non-hydrogen) atoms. The lowest BCUT2D eigenvalue weighted by Gasteiger charge is -2.17. The lowest BCUT2D eigenvalue weighted by molar-refractivity contribution is -0.127. The van der Waals surface area contributed by atoms with Crippen LogP contribution in [0.15, 0.2) is 33.9 Å². The summed E-state index contributed by atoms with van der Waals surface area (Å²) >= 11 is 4.71. The molecule has 2 rings (SSSR count). The zero-order chi connectivity index (χ0) is 16.1. The number of nitrogen functional groups attached to an aromatic ring is 1. The summed E-state index contributed by atoms with van der Waals surface area (Å²) in [4.78, 5) is 13.8. The van der Waals surface area contributed by atoms with E-state index in [1.807, 2.05) is 38.1 Å². The van der Waals surface area contributed by atoms with Crippen molar-refractivity contribution in [3.8, 4) is 11.4 Å². The minimum Gasteiger partial charge on any atom is -0.343 e. The van der Waals surface area contributed by atoms with Crippen LogP contribution in [0.1, 0.15) is 13.8 Å². The van der Waals surface area contributed by atoms with Gasteiger partial charge in [-0.25, -0.2) is 4.68 Å². The number of nitrogens with zero attached hydrogens (tertiary/aromatic N) is 4. The number of aromatic nitrogens is 3. The van der Waals surface area contributed by atoms with Gasteiger partial charge in [0.25, 0.3) is 0 Å². The molecule has 6 nitrogen and oxygen atoms in total. The summed E-state index contributed by atoms with van der Waals surface area (Å²) in [6, 6.07) is 7.67. The third kappa shape index (κ3) is 3.80. The maximum Gasteiger partial charge on any atom is 0.233 e.